The molecule has 6 heteroatoms. The standard InChI is InChI=1S/C24H20FN3O2/c1-16-8-3-4-12-22(16)28-17(2)20(15-27-28)24(29)30-23(21-11-5-6-13-26-21)18-9-7-10-19(25)14-18/h3-15,23H,1-2H3. The maximum Gasteiger partial charge on any atom is 0.342 e. The number of benzene rings is 2. The topological polar surface area (TPSA) is 57.0 Å². The molecule has 4 aromatic rings. The Bertz CT molecular complexity index is 1190. The van der Waals surface area contributed by atoms with E-state index in [4.69, 9.17) is 4.74 Å². The van der Waals surface area contributed by atoms with E-state index in [2.05, 4.69) is 10.1 Å². The molecule has 2 aromatic heterocycles. The zero-order chi connectivity index (χ0) is 21.1. The minimum absolute atomic E-state index is 0.343. The predicted molar refractivity (Wildman–Crippen MR) is 111 cm³/mol. The van der Waals surface area contributed by atoms with Crippen molar-refractivity contribution in [3.8, 4) is 5.69 Å². The van der Waals surface area contributed by atoms with Crippen molar-refractivity contribution in [2.24, 2.45) is 0 Å². The van der Waals surface area contributed by atoms with Crippen molar-refractivity contribution in [1.82, 2.24) is 14.8 Å². The van der Waals surface area contributed by atoms with Crippen molar-refractivity contribution in [2.45, 2.75) is 20.0 Å². The molecule has 0 aliphatic carbocycles. The number of aromatic nitrogens is 3. The molecule has 0 aliphatic heterocycles. The monoisotopic (exact) mass is 401 g/mol. The summed E-state index contributed by atoms with van der Waals surface area (Å²) in [6.45, 7) is 3.80. The van der Waals surface area contributed by atoms with E-state index < -0.39 is 17.9 Å². The minimum Gasteiger partial charge on any atom is -0.447 e. The number of hydrogen-bond donors (Lipinski definition) is 0. The van der Waals surface area contributed by atoms with E-state index in [1.54, 1.807) is 41.2 Å². The number of pyridine rings is 1. The van der Waals surface area contributed by atoms with Crippen LogP contribution < -0.4 is 0 Å². The van der Waals surface area contributed by atoms with Crippen LogP contribution in [0.3, 0.4) is 0 Å². The van der Waals surface area contributed by atoms with E-state index >= 15 is 0 Å². The van der Waals surface area contributed by atoms with Gasteiger partial charge in [0.1, 0.15) is 11.4 Å². The summed E-state index contributed by atoms with van der Waals surface area (Å²) in [5.74, 6) is -0.958. The number of esters is 1. The highest BCUT2D eigenvalue weighted by molar-refractivity contribution is 5.90. The van der Waals surface area contributed by atoms with E-state index in [0.717, 1.165) is 11.3 Å². The molecule has 4 rings (SSSR count). The zero-order valence-corrected chi connectivity index (χ0v) is 16.6. The van der Waals surface area contributed by atoms with Crippen molar-refractivity contribution in [2.75, 3.05) is 0 Å². The molecule has 0 N–H and O–H groups in total. The van der Waals surface area contributed by atoms with E-state index in [-0.39, 0.29) is 0 Å². The molecular weight excluding hydrogens is 381 g/mol. The van der Waals surface area contributed by atoms with Crippen LogP contribution in [-0.2, 0) is 4.74 Å². The summed E-state index contributed by atoms with van der Waals surface area (Å²) in [7, 11) is 0. The lowest BCUT2D eigenvalue weighted by molar-refractivity contribution is 0.0369. The SMILES string of the molecule is Cc1ccccc1-n1ncc(C(=O)OC(c2cccc(F)c2)c2ccccn2)c1C. The lowest BCUT2D eigenvalue weighted by Gasteiger charge is -2.18. The first-order valence-corrected chi connectivity index (χ1v) is 9.52. The second kappa shape index (κ2) is 8.29. The maximum atomic E-state index is 13.8. The van der Waals surface area contributed by atoms with Crippen LogP contribution in [0.2, 0.25) is 0 Å². The molecule has 1 unspecified atom stereocenters. The molecule has 0 aliphatic rings. The number of carbonyl (C=O) groups is 1. The van der Waals surface area contributed by atoms with Crippen LogP contribution in [0.15, 0.2) is 79.1 Å². The Morgan fingerprint density at radius 2 is 1.83 bits per heavy atom. The smallest absolute Gasteiger partial charge is 0.342 e. The third-order valence-corrected chi connectivity index (χ3v) is 4.91. The molecule has 0 spiro atoms. The Morgan fingerprint density at radius 3 is 2.57 bits per heavy atom. The van der Waals surface area contributed by atoms with Crippen LogP contribution in [0.5, 0.6) is 0 Å². The summed E-state index contributed by atoms with van der Waals surface area (Å²) >= 11 is 0. The summed E-state index contributed by atoms with van der Waals surface area (Å²) in [6.07, 6.45) is 2.26. The van der Waals surface area contributed by atoms with Gasteiger partial charge in [-0.15, -0.1) is 0 Å². The minimum atomic E-state index is -0.837. The van der Waals surface area contributed by atoms with Gasteiger partial charge in [-0.25, -0.2) is 13.9 Å². The number of rotatable bonds is 5. The lowest BCUT2D eigenvalue weighted by atomic mass is 10.1. The molecule has 2 aromatic carbocycles. The Morgan fingerprint density at radius 1 is 1.03 bits per heavy atom. The number of nitrogens with zero attached hydrogens (tertiary/aromatic N) is 3. The number of aryl methyl sites for hydroxylation is 1. The largest absolute Gasteiger partial charge is 0.447 e. The highest BCUT2D eigenvalue weighted by Gasteiger charge is 2.24. The van der Waals surface area contributed by atoms with Crippen LogP contribution in [0.4, 0.5) is 4.39 Å². The van der Waals surface area contributed by atoms with Gasteiger partial charge in [0.2, 0.25) is 0 Å². The van der Waals surface area contributed by atoms with Crippen LogP contribution in [0.25, 0.3) is 5.69 Å². The first kappa shape index (κ1) is 19.5. The van der Waals surface area contributed by atoms with Gasteiger partial charge in [-0.2, -0.15) is 5.10 Å². The molecule has 150 valence electrons. The quantitative estimate of drug-likeness (QED) is 0.443. The van der Waals surface area contributed by atoms with Crippen LogP contribution in [-0.4, -0.2) is 20.7 Å². The van der Waals surface area contributed by atoms with Gasteiger partial charge in [-0.3, -0.25) is 4.98 Å². The molecule has 5 nitrogen and oxygen atoms in total. The van der Waals surface area contributed by atoms with E-state index in [1.165, 1.54) is 18.3 Å². The predicted octanol–water partition coefficient (Wildman–Crippen LogP) is 4.97. The zero-order valence-electron chi connectivity index (χ0n) is 16.6. The molecule has 0 amide bonds. The summed E-state index contributed by atoms with van der Waals surface area (Å²) in [5.41, 5.74) is 3.95. The molecule has 0 bridgehead atoms. The molecule has 0 fully saturated rings. The molecule has 0 saturated carbocycles. The van der Waals surface area contributed by atoms with Crippen molar-refractivity contribution in [3.05, 3.63) is 113 Å². The number of halogens is 1. The van der Waals surface area contributed by atoms with Crippen molar-refractivity contribution in [3.63, 3.8) is 0 Å². The third-order valence-electron chi connectivity index (χ3n) is 4.91. The van der Waals surface area contributed by atoms with Gasteiger partial charge in [0.25, 0.3) is 0 Å². The van der Waals surface area contributed by atoms with Gasteiger partial charge in [0, 0.05) is 11.8 Å². The molecule has 0 radical (unpaired) electrons. The Hall–Kier alpha value is -3.80. The van der Waals surface area contributed by atoms with Crippen molar-refractivity contribution >= 4 is 5.97 Å². The van der Waals surface area contributed by atoms with Gasteiger partial charge in [0.05, 0.1) is 23.3 Å². The average molecular weight is 401 g/mol. The number of para-hydroxylation sites is 1. The fraction of sp³-hybridized carbons (Fsp3) is 0.125. The third kappa shape index (κ3) is 3.85. The summed E-state index contributed by atoms with van der Waals surface area (Å²) < 4.78 is 21.3. The Balaban J connectivity index is 1.68. The normalized spacial score (nSPS) is 11.8. The molecular formula is C24H20FN3O2. The molecule has 2 heterocycles. The number of ether oxygens (including phenoxy) is 1. The van der Waals surface area contributed by atoms with E-state index in [1.807, 2.05) is 38.1 Å². The molecule has 30 heavy (non-hydrogen) atoms. The summed E-state index contributed by atoms with van der Waals surface area (Å²) in [5, 5.41) is 4.37. The van der Waals surface area contributed by atoms with Gasteiger partial charge in [0.15, 0.2) is 6.10 Å². The first-order valence-electron chi connectivity index (χ1n) is 9.52. The van der Waals surface area contributed by atoms with Gasteiger partial charge >= 0.3 is 5.97 Å². The van der Waals surface area contributed by atoms with E-state index in [0.29, 0.717) is 22.5 Å². The van der Waals surface area contributed by atoms with Crippen molar-refractivity contribution < 1.29 is 13.9 Å². The summed E-state index contributed by atoms with van der Waals surface area (Å²) in [6, 6.07) is 19.1. The Labute approximate surface area is 173 Å². The first-order chi connectivity index (χ1) is 14.5. The highest BCUT2D eigenvalue weighted by atomic mass is 19.1. The van der Waals surface area contributed by atoms with Gasteiger partial charge < -0.3 is 4.74 Å². The van der Waals surface area contributed by atoms with E-state index in [9.17, 15) is 9.18 Å². The second-order valence-corrected chi connectivity index (χ2v) is 6.94. The number of hydrogen-bond acceptors (Lipinski definition) is 4. The maximum absolute atomic E-state index is 13.8. The fourth-order valence-corrected chi connectivity index (χ4v) is 3.32. The molecule has 0 saturated heterocycles. The van der Waals surface area contributed by atoms with Crippen LogP contribution in [0.1, 0.15) is 39.0 Å². The van der Waals surface area contributed by atoms with Gasteiger partial charge in [-0.1, -0.05) is 36.4 Å². The summed E-state index contributed by atoms with van der Waals surface area (Å²) in [4.78, 5) is 17.3. The Kier molecular flexibility index (Phi) is 5.39. The molecule has 1 atom stereocenters. The second-order valence-electron chi connectivity index (χ2n) is 6.94. The average Bonchev–Trinajstić information content (AvgIpc) is 3.14. The number of carbonyl (C=O) groups excluding carboxylic acids is 1. The van der Waals surface area contributed by atoms with Crippen LogP contribution in [0, 0.1) is 19.7 Å². The highest BCUT2D eigenvalue weighted by Crippen LogP contribution is 2.27. The fourth-order valence-electron chi connectivity index (χ4n) is 3.32. The van der Waals surface area contributed by atoms with Crippen molar-refractivity contribution in [1.29, 1.82) is 0 Å². The lowest BCUT2D eigenvalue weighted by Crippen LogP contribution is -2.15. The van der Waals surface area contributed by atoms with Gasteiger partial charge in [-0.05, 0) is 49.7 Å². The van der Waals surface area contributed by atoms with Crippen LogP contribution >= 0.6 is 0 Å².